The van der Waals surface area contributed by atoms with Crippen molar-refractivity contribution in [3.8, 4) is 0 Å². The molecule has 2 nitrogen and oxygen atoms in total. The van der Waals surface area contributed by atoms with Gasteiger partial charge in [0.2, 0.25) is 0 Å². The fourth-order valence-electron chi connectivity index (χ4n) is 3.11. The van der Waals surface area contributed by atoms with Crippen molar-refractivity contribution in [2.45, 2.75) is 90.8 Å². The molecule has 0 spiro atoms. The molecule has 0 N–H and O–H groups in total. The lowest BCUT2D eigenvalue weighted by atomic mass is 10.1. The van der Waals surface area contributed by atoms with E-state index >= 15 is 0 Å². The molecular weight excluding hydrogens is 234 g/mol. The average molecular weight is 269 g/mol. The average Bonchev–Trinajstić information content (AvgIpc) is 2.36. The van der Waals surface area contributed by atoms with Gasteiger partial charge in [0.25, 0.3) is 0 Å². The van der Waals surface area contributed by atoms with Crippen molar-refractivity contribution in [1.29, 1.82) is 0 Å². The standard InChI is InChI=1S/C17H35NO/c1-4-5-6-7-8-9-10-11-12-13-18-14-16(2)19-17(3)15-18/h16-17H,4-15H2,1-3H3/t16-,17+. The van der Waals surface area contributed by atoms with Crippen LogP contribution >= 0.6 is 0 Å². The van der Waals surface area contributed by atoms with Crippen molar-refractivity contribution in [2.24, 2.45) is 0 Å². The number of ether oxygens (including phenoxy) is 1. The number of unbranched alkanes of at least 4 members (excludes halogenated alkanes) is 8. The fourth-order valence-corrected chi connectivity index (χ4v) is 3.11. The lowest BCUT2D eigenvalue weighted by molar-refractivity contribution is -0.0681. The van der Waals surface area contributed by atoms with Gasteiger partial charge >= 0.3 is 0 Å². The molecule has 0 radical (unpaired) electrons. The molecule has 1 heterocycles. The third kappa shape index (κ3) is 8.65. The van der Waals surface area contributed by atoms with E-state index in [9.17, 15) is 0 Å². The monoisotopic (exact) mass is 269 g/mol. The Bertz CT molecular complexity index is 197. The highest BCUT2D eigenvalue weighted by Crippen LogP contribution is 2.13. The minimum atomic E-state index is 0.419. The summed E-state index contributed by atoms with van der Waals surface area (Å²) < 4.78 is 5.77. The Morgan fingerprint density at radius 1 is 0.789 bits per heavy atom. The molecule has 1 fully saturated rings. The summed E-state index contributed by atoms with van der Waals surface area (Å²) in [6.07, 6.45) is 13.6. The lowest BCUT2D eigenvalue weighted by Gasteiger charge is -2.35. The molecule has 1 rings (SSSR count). The molecule has 0 saturated carbocycles. The van der Waals surface area contributed by atoms with Gasteiger partial charge in [-0.3, -0.25) is 4.90 Å². The molecule has 0 aliphatic carbocycles. The van der Waals surface area contributed by atoms with Gasteiger partial charge in [-0.15, -0.1) is 0 Å². The van der Waals surface area contributed by atoms with Gasteiger partial charge in [0.1, 0.15) is 0 Å². The van der Waals surface area contributed by atoms with Crippen LogP contribution in [-0.4, -0.2) is 36.7 Å². The van der Waals surface area contributed by atoms with Crippen LogP contribution in [0.4, 0.5) is 0 Å². The Morgan fingerprint density at radius 3 is 1.79 bits per heavy atom. The topological polar surface area (TPSA) is 12.5 Å². The third-order valence-corrected chi connectivity index (χ3v) is 4.07. The van der Waals surface area contributed by atoms with Crippen LogP contribution in [0.2, 0.25) is 0 Å². The van der Waals surface area contributed by atoms with Crippen LogP contribution in [0, 0.1) is 0 Å². The highest BCUT2D eigenvalue weighted by atomic mass is 16.5. The summed E-state index contributed by atoms with van der Waals surface area (Å²) in [5.74, 6) is 0. The van der Waals surface area contributed by atoms with Crippen LogP contribution in [-0.2, 0) is 4.74 Å². The molecule has 114 valence electrons. The maximum Gasteiger partial charge on any atom is 0.0678 e. The van der Waals surface area contributed by atoms with Crippen molar-refractivity contribution in [3.63, 3.8) is 0 Å². The zero-order valence-electron chi connectivity index (χ0n) is 13.5. The molecule has 0 amide bonds. The van der Waals surface area contributed by atoms with E-state index in [-0.39, 0.29) is 0 Å². The fraction of sp³-hybridized carbons (Fsp3) is 1.00. The Hall–Kier alpha value is -0.0800. The van der Waals surface area contributed by atoms with Crippen LogP contribution in [0.3, 0.4) is 0 Å². The van der Waals surface area contributed by atoms with Gasteiger partial charge in [-0.1, -0.05) is 58.3 Å². The Morgan fingerprint density at radius 2 is 1.26 bits per heavy atom. The van der Waals surface area contributed by atoms with Crippen molar-refractivity contribution < 1.29 is 4.74 Å². The van der Waals surface area contributed by atoms with Gasteiger partial charge in [-0.25, -0.2) is 0 Å². The smallest absolute Gasteiger partial charge is 0.0678 e. The van der Waals surface area contributed by atoms with Crippen LogP contribution < -0.4 is 0 Å². The zero-order valence-corrected chi connectivity index (χ0v) is 13.5. The molecule has 1 saturated heterocycles. The van der Waals surface area contributed by atoms with E-state index in [0.717, 1.165) is 13.1 Å². The Balaban J connectivity index is 1.87. The number of morpholine rings is 1. The summed E-state index contributed by atoms with van der Waals surface area (Å²) in [6, 6.07) is 0. The predicted octanol–water partition coefficient (Wildman–Crippen LogP) is 4.63. The minimum Gasteiger partial charge on any atom is -0.373 e. The summed E-state index contributed by atoms with van der Waals surface area (Å²) in [5.41, 5.74) is 0. The number of hydrogen-bond acceptors (Lipinski definition) is 2. The molecule has 0 bridgehead atoms. The van der Waals surface area contributed by atoms with Crippen LogP contribution in [0.15, 0.2) is 0 Å². The maximum absolute atomic E-state index is 5.77. The van der Waals surface area contributed by atoms with Gasteiger partial charge < -0.3 is 4.74 Å². The molecular formula is C17H35NO. The number of hydrogen-bond donors (Lipinski definition) is 0. The van der Waals surface area contributed by atoms with Crippen LogP contribution in [0.1, 0.15) is 78.6 Å². The van der Waals surface area contributed by atoms with Crippen LogP contribution in [0.25, 0.3) is 0 Å². The molecule has 0 unspecified atom stereocenters. The molecule has 2 atom stereocenters. The molecule has 1 aliphatic rings. The van der Waals surface area contributed by atoms with Crippen molar-refractivity contribution in [2.75, 3.05) is 19.6 Å². The molecule has 0 aromatic carbocycles. The van der Waals surface area contributed by atoms with Gasteiger partial charge in [0, 0.05) is 13.1 Å². The van der Waals surface area contributed by atoms with E-state index in [0.29, 0.717) is 12.2 Å². The van der Waals surface area contributed by atoms with Crippen molar-refractivity contribution in [1.82, 2.24) is 4.90 Å². The molecule has 0 aromatic heterocycles. The molecule has 1 aliphatic heterocycles. The largest absolute Gasteiger partial charge is 0.373 e. The third-order valence-electron chi connectivity index (χ3n) is 4.07. The summed E-state index contributed by atoms with van der Waals surface area (Å²) in [7, 11) is 0. The molecule has 19 heavy (non-hydrogen) atoms. The first-order chi connectivity index (χ1) is 9.22. The highest BCUT2D eigenvalue weighted by molar-refractivity contribution is 4.72. The Kier molecular flexibility index (Phi) is 9.54. The van der Waals surface area contributed by atoms with Gasteiger partial charge in [-0.2, -0.15) is 0 Å². The number of nitrogens with zero attached hydrogens (tertiary/aromatic N) is 1. The highest BCUT2D eigenvalue weighted by Gasteiger charge is 2.21. The Labute approximate surface area is 120 Å². The van der Waals surface area contributed by atoms with E-state index in [1.165, 1.54) is 64.3 Å². The first kappa shape index (κ1) is 17.0. The second-order valence-corrected chi connectivity index (χ2v) is 6.35. The van der Waals surface area contributed by atoms with Crippen molar-refractivity contribution in [3.05, 3.63) is 0 Å². The predicted molar refractivity (Wildman–Crippen MR) is 83.7 cm³/mol. The number of rotatable bonds is 10. The SMILES string of the molecule is CCCCCCCCCCCN1C[C@@H](C)O[C@@H](C)C1. The normalized spacial score (nSPS) is 24.8. The second-order valence-electron chi connectivity index (χ2n) is 6.35. The van der Waals surface area contributed by atoms with E-state index < -0.39 is 0 Å². The molecule has 0 aromatic rings. The summed E-state index contributed by atoms with van der Waals surface area (Å²) >= 11 is 0. The second kappa shape index (κ2) is 10.7. The lowest BCUT2D eigenvalue weighted by Crippen LogP contribution is -2.45. The van der Waals surface area contributed by atoms with E-state index in [2.05, 4.69) is 25.7 Å². The first-order valence-electron chi connectivity index (χ1n) is 8.60. The van der Waals surface area contributed by atoms with Crippen LogP contribution in [0.5, 0.6) is 0 Å². The van der Waals surface area contributed by atoms with Gasteiger partial charge in [0.05, 0.1) is 12.2 Å². The minimum absolute atomic E-state index is 0.419. The first-order valence-corrected chi connectivity index (χ1v) is 8.60. The van der Waals surface area contributed by atoms with E-state index in [4.69, 9.17) is 4.74 Å². The zero-order chi connectivity index (χ0) is 13.9. The maximum atomic E-state index is 5.77. The van der Waals surface area contributed by atoms with Gasteiger partial charge in [-0.05, 0) is 26.8 Å². The summed E-state index contributed by atoms with van der Waals surface area (Å²) in [6.45, 7) is 10.2. The molecule has 2 heteroatoms. The van der Waals surface area contributed by atoms with E-state index in [1.807, 2.05) is 0 Å². The van der Waals surface area contributed by atoms with E-state index in [1.54, 1.807) is 0 Å². The summed E-state index contributed by atoms with van der Waals surface area (Å²) in [5, 5.41) is 0. The quantitative estimate of drug-likeness (QED) is 0.536. The van der Waals surface area contributed by atoms with Gasteiger partial charge in [0.15, 0.2) is 0 Å². The van der Waals surface area contributed by atoms with Crippen molar-refractivity contribution >= 4 is 0 Å². The summed E-state index contributed by atoms with van der Waals surface area (Å²) in [4.78, 5) is 2.58.